The summed E-state index contributed by atoms with van der Waals surface area (Å²) < 4.78 is 4.86. The minimum Gasteiger partial charge on any atom is -0.461 e. The molecule has 2 rings (SSSR count). The first kappa shape index (κ1) is 12.1. The van der Waals surface area contributed by atoms with Crippen molar-refractivity contribution in [1.29, 1.82) is 0 Å². The third-order valence-electron chi connectivity index (χ3n) is 2.58. The topological polar surface area (TPSA) is 59.2 Å². The lowest BCUT2D eigenvalue weighted by Gasteiger charge is -2.04. The molecular formula is C14H13NO3. The lowest BCUT2D eigenvalue weighted by atomic mass is 10.1. The second kappa shape index (κ2) is 4.87. The molecule has 1 aromatic heterocycles. The molecule has 0 bridgehead atoms. The first-order valence-electron chi connectivity index (χ1n) is 5.62. The number of esters is 1. The van der Waals surface area contributed by atoms with E-state index in [1.165, 1.54) is 6.07 Å². The van der Waals surface area contributed by atoms with Crippen molar-refractivity contribution < 1.29 is 9.53 Å². The molecule has 1 aromatic carbocycles. The van der Waals surface area contributed by atoms with E-state index in [-0.39, 0.29) is 17.7 Å². The Kier molecular flexibility index (Phi) is 3.28. The van der Waals surface area contributed by atoms with Gasteiger partial charge in [0.05, 0.1) is 12.1 Å². The van der Waals surface area contributed by atoms with E-state index in [1.807, 2.05) is 0 Å². The summed E-state index contributed by atoms with van der Waals surface area (Å²) in [6, 6.07) is 6.54. The number of hydrogen-bond acceptors (Lipinski definition) is 3. The number of pyridine rings is 1. The van der Waals surface area contributed by atoms with Crippen LogP contribution >= 0.6 is 0 Å². The number of carbonyl (C=O) groups is 1. The summed E-state index contributed by atoms with van der Waals surface area (Å²) in [5.41, 5.74) is 1.43. The smallest absolute Gasteiger partial charge is 0.354 e. The lowest BCUT2D eigenvalue weighted by Crippen LogP contribution is -2.12. The van der Waals surface area contributed by atoms with Crippen molar-refractivity contribution in [2.24, 2.45) is 0 Å². The highest BCUT2D eigenvalue weighted by atomic mass is 16.5. The van der Waals surface area contributed by atoms with Crippen molar-refractivity contribution in [2.75, 3.05) is 6.61 Å². The average molecular weight is 243 g/mol. The molecule has 0 aliphatic heterocycles. The molecule has 0 saturated heterocycles. The van der Waals surface area contributed by atoms with Gasteiger partial charge in [-0.1, -0.05) is 18.7 Å². The fourth-order valence-corrected chi connectivity index (χ4v) is 1.72. The fourth-order valence-electron chi connectivity index (χ4n) is 1.72. The van der Waals surface area contributed by atoms with Crippen molar-refractivity contribution in [2.45, 2.75) is 6.92 Å². The number of ether oxygens (including phenoxy) is 1. The lowest BCUT2D eigenvalue weighted by molar-refractivity contribution is 0.0520. The van der Waals surface area contributed by atoms with E-state index >= 15 is 0 Å². The number of H-pyrrole nitrogens is 1. The maximum absolute atomic E-state index is 11.9. The van der Waals surface area contributed by atoms with E-state index in [0.717, 1.165) is 5.56 Å². The highest BCUT2D eigenvalue weighted by Gasteiger charge is 2.10. The Balaban J connectivity index is 2.62. The predicted octanol–water partition coefficient (Wildman–Crippen LogP) is 2.35. The summed E-state index contributed by atoms with van der Waals surface area (Å²) in [6.45, 7) is 5.65. The third-order valence-corrected chi connectivity index (χ3v) is 2.58. The standard InChI is InChI=1S/C14H13NO3/c1-3-9-5-6-10-11(7-9)15-12(8-13(10)16)14(17)18-4-2/h3,5-8H,1,4H2,2H3,(H,15,16). The summed E-state index contributed by atoms with van der Waals surface area (Å²) >= 11 is 0. The summed E-state index contributed by atoms with van der Waals surface area (Å²) in [7, 11) is 0. The van der Waals surface area contributed by atoms with E-state index in [1.54, 1.807) is 31.2 Å². The molecule has 0 fully saturated rings. The van der Waals surface area contributed by atoms with Gasteiger partial charge in [-0.05, 0) is 24.6 Å². The van der Waals surface area contributed by atoms with Gasteiger partial charge in [-0.3, -0.25) is 4.79 Å². The van der Waals surface area contributed by atoms with Crippen LogP contribution in [0, 0.1) is 0 Å². The number of aromatic nitrogens is 1. The molecule has 0 spiro atoms. The normalized spacial score (nSPS) is 10.3. The molecule has 0 radical (unpaired) electrons. The molecule has 92 valence electrons. The molecular weight excluding hydrogens is 230 g/mol. The van der Waals surface area contributed by atoms with Gasteiger partial charge >= 0.3 is 5.97 Å². The summed E-state index contributed by atoms with van der Waals surface area (Å²) in [4.78, 5) is 26.3. The predicted molar refractivity (Wildman–Crippen MR) is 70.6 cm³/mol. The van der Waals surface area contributed by atoms with Gasteiger partial charge in [-0.25, -0.2) is 4.79 Å². The van der Waals surface area contributed by atoms with Gasteiger partial charge < -0.3 is 9.72 Å². The number of aromatic amines is 1. The first-order chi connectivity index (χ1) is 8.65. The van der Waals surface area contributed by atoms with Crippen molar-refractivity contribution in [3.8, 4) is 0 Å². The molecule has 1 heterocycles. The van der Waals surface area contributed by atoms with Crippen LogP contribution in [-0.4, -0.2) is 17.6 Å². The zero-order chi connectivity index (χ0) is 13.1. The van der Waals surface area contributed by atoms with Crippen LogP contribution in [0.5, 0.6) is 0 Å². The maximum Gasteiger partial charge on any atom is 0.354 e. The Hall–Kier alpha value is -2.36. The Morgan fingerprint density at radius 1 is 1.44 bits per heavy atom. The van der Waals surface area contributed by atoms with Crippen LogP contribution in [0.15, 0.2) is 35.6 Å². The molecule has 2 aromatic rings. The van der Waals surface area contributed by atoms with Crippen molar-refractivity contribution >= 4 is 22.9 Å². The maximum atomic E-state index is 11.9. The number of fused-ring (bicyclic) bond motifs is 1. The second-order valence-corrected chi connectivity index (χ2v) is 3.78. The molecule has 4 nitrogen and oxygen atoms in total. The molecule has 0 aliphatic rings. The zero-order valence-electron chi connectivity index (χ0n) is 10.0. The van der Waals surface area contributed by atoms with Crippen molar-refractivity contribution in [3.05, 3.63) is 52.3 Å². The Labute approximate surface area is 104 Å². The highest BCUT2D eigenvalue weighted by molar-refractivity contribution is 5.91. The molecule has 0 unspecified atom stereocenters. The van der Waals surface area contributed by atoms with Gasteiger partial charge in [0.1, 0.15) is 5.69 Å². The fraction of sp³-hybridized carbons (Fsp3) is 0.143. The molecule has 18 heavy (non-hydrogen) atoms. The summed E-state index contributed by atoms with van der Waals surface area (Å²) in [6.07, 6.45) is 1.68. The van der Waals surface area contributed by atoms with E-state index in [2.05, 4.69) is 11.6 Å². The van der Waals surface area contributed by atoms with Gasteiger partial charge in [-0.15, -0.1) is 0 Å². The number of benzene rings is 1. The van der Waals surface area contributed by atoms with Crippen LogP contribution in [0.3, 0.4) is 0 Å². The quantitative estimate of drug-likeness (QED) is 0.842. The second-order valence-electron chi connectivity index (χ2n) is 3.78. The minimum absolute atomic E-state index is 0.163. The molecule has 0 amide bonds. The highest BCUT2D eigenvalue weighted by Crippen LogP contribution is 2.12. The number of hydrogen-bond donors (Lipinski definition) is 1. The average Bonchev–Trinajstić information content (AvgIpc) is 2.38. The van der Waals surface area contributed by atoms with E-state index in [9.17, 15) is 9.59 Å². The van der Waals surface area contributed by atoms with Crippen LogP contribution in [0.1, 0.15) is 23.0 Å². The molecule has 4 heteroatoms. The Morgan fingerprint density at radius 2 is 2.22 bits per heavy atom. The van der Waals surface area contributed by atoms with Gasteiger partial charge in [0.2, 0.25) is 0 Å². The number of carbonyl (C=O) groups excluding carboxylic acids is 1. The largest absolute Gasteiger partial charge is 0.461 e. The van der Waals surface area contributed by atoms with Gasteiger partial charge in [0.25, 0.3) is 0 Å². The third kappa shape index (κ3) is 2.18. The van der Waals surface area contributed by atoms with Crippen molar-refractivity contribution in [3.63, 3.8) is 0 Å². The number of nitrogens with one attached hydrogen (secondary N) is 1. The van der Waals surface area contributed by atoms with E-state index in [0.29, 0.717) is 10.9 Å². The minimum atomic E-state index is -0.527. The molecule has 1 N–H and O–H groups in total. The van der Waals surface area contributed by atoms with E-state index < -0.39 is 5.97 Å². The SMILES string of the molecule is C=Cc1ccc2c(=O)cc(C(=O)OCC)[nH]c2c1. The van der Waals surface area contributed by atoms with Crippen LogP contribution in [0.25, 0.3) is 17.0 Å². The van der Waals surface area contributed by atoms with Crippen molar-refractivity contribution in [1.82, 2.24) is 4.98 Å². The van der Waals surface area contributed by atoms with Gasteiger partial charge in [-0.2, -0.15) is 0 Å². The monoisotopic (exact) mass is 243 g/mol. The zero-order valence-corrected chi connectivity index (χ0v) is 10.0. The first-order valence-corrected chi connectivity index (χ1v) is 5.62. The van der Waals surface area contributed by atoms with Crippen LogP contribution < -0.4 is 5.43 Å². The Bertz CT molecular complexity index is 670. The van der Waals surface area contributed by atoms with Gasteiger partial charge in [0.15, 0.2) is 5.43 Å². The van der Waals surface area contributed by atoms with Crippen LogP contribution in [0.2, 0.25) is 0 Å². The summed E-state index contributed by atoms with van der Waals surface area (Å²) in [5.74, 6) is -0.527. The Morgan fingerprint density at radius 3 is 2.89 bits per heavy atom. The van der Waals surface area contributed by atoms with Gasteiger partial charge in [0, 0.05) is 11.5 Å². The molecule has 0 aliphatic carbocycles. The van der Waals surface area contributed by atoms with Crippen LogP contribution in [0.4, 0.5) is 0 Å². The number of rotatable bonds is 3. The molecule has 0 saturated carbocycles. The molecule has 0 atom stereocenters. The van der Waals surface area contributed by atoms with E-state index in [4.69, 9.17) is 4.74 Å². The van der Waals surface area contributed by atoms with Crippen LogP contribution in [-0.2, 0) is 4.74 Å². The summed E-state index contributed by atoms with van der Waals surface area (Å²) in [5, 5.41) is 0.536.